The third-order valence-electron chi connectivity index (χ3n) is 4.73. The Hall–Kier alpha value is -1.47. The molecule has 1 amide bonds. The van der Waals surface area contributed by atoms with Gasteiger partial charge in [-0.2, -0.15) is 0 Å². The molecule has 3 rings (SSSR count). The SMILES string of the molecule is CS(=O)(=O)NC1CC2(CCN(C(=O)c3ccccn3)CC2)C1. The Kier molecular flexibility index (Phi) is 3.94. The lowest BCUT2D eigenvalue weighted by molar-refractivity contribution is 0.0135. The van der Waals surface area contributed by atoms with E-state index in [-0.39, 0.29) is 17.4 Å². The van der Waals surface area contributed by atoms with E-state index in [2.05, 4.69) is 9.71 Å². The van der Waals surface area contributed by atoms with Crippen molar-refractivity contribution in [3.8, 4) is 0 Å². The Morgan fingerprint density at radius 1 is 1.32 bits per heavy atom. The molecule has 1 saturated carbocycles. The van der Waals surface area contributed by atoms with E-state index in [0.717, 1.165) is 38.8 Å². The van der Waals surface area contributed by atoms with E-state index >= 15 is 0 Å². The predicted molar refractivity (Wildman–Crippen MR) is 82.8 cm³/mol. The van der Waals surface area contributed by atoms with Crippen molar-refractivity contribution in [2.24, 2.45) is 5.41 Å². The molecule has 1 aromatic heterocycles. The second kappa shape index (κ2) is 5.62. The van der Waals surface area contributed by atoms with Gasteiger partial charge in [-0.3, -0.25) is 9.78 Å². The predicted octanol–water partition coefficient (Wildman–Crippen LogP) is 1.02. The number of amides is 1. The first-order valence-corrected chi connectivity index (χ1v) is 9.44. The third kappa shape index (κ3) is 3.30. The van der Waals surface area contributed by atoms with E-state index in [4.69, 9.17) is 0 Å². The molecule has 1 aliphatic heterocycles. The summed E-state index contributed by atoms with van der Waals surface area (Å²) in [5, 5.41) is 0. The molecule has 1 saturated heterocycles. The van der Waals surface area contributed by atoms with Crippen LogP contribution in [0.3, 0.4) is 0 Å². The van der Waals surface area contributed by atoms with Crippen LogP contribution in [0.4, 0.5) is 0 Å². The van der Waals surface area contributed by atoms with Crippen molar-refractivity contribution in [1.82, 2.24) is 14.6 Å². The largest absolute Gasteiger partial charge is 0.337 e. The average Bonchev–Trinajstić information content (AvgIpc) is 2.45. The molecule has 0 aromatic carbocycles. The number of piperidine rings is 1. The van der Waals surface area contributed by atoms with Crippen LogP contribution in [0.1, 0.15) is 36.2 Å². The molecule has 1 spiro atoms. The van der Waals surface area contributed by atoms with Crippen molar-refractivity contribution in [1.29, 1.82) is 0 Å². The van der Waals surface area contributed by atoms with Crippen LogP contribution in [0.25, 0.3) is 0 Å². The van der Waals surface area contributed by atoms with Gasteiger partial charge in [0.05, 0.1) is 6.26 Å². The number of pyridine rings is 1. The minimum Gasteiger partial charge on any atom is -0.337 e. The Morgan fingerprint density at radius 3 is 2.55 bits per heavy atom. The molecule has 0 bridgehead atoms. The first kappa shape index (κ1) is 15.4. The van der Waals surface area contributed by atoms with Gasteiger partial charge in [0.1, 0.15) is 5.69 Å². The minimum absolute atomic E-state index is 0.0133. The molecule has 1 N–H and O–H groups in total. The monoisotopic (exact) mass is 323 g/mol. The molecule has 22 heavy (non-hydrogen) atoms. The molecule has 0 atom stereocenters. The lowest BCUT2D eigenvalue weighted by Crippen LogP contribution is -2.55. The van der Waals surface area contributed by atoms with E-state index in [1.165, 1.54) is 6.26 Å². The van der Waals surface area contributed by atoms with E-state index < -0.39 is 10.0 Å². The van der Waals surface area contributed by atoms with Crippen LogP contribution >= 0.6 is 0 Å². The normalized spacial score (nSPS) is 21.6. The van der Waals surface area contributed by atoms with Crippen molar-refractivity contribution in [2.75, 3.05) is 19.3 Å². The molecule has 2 aliphatic rings. The van der Waals surface area contributed by atoms with Gasteiger partial charge >= 0.3 is 0 Å². The Labute approximate surface area is 131 Å². The van der Waals surface area contributed by atoms with Gasteiger partial charge in [-0.25, -0.2) is 13.1 Å². The van der Waals surface area contributed by atoms with Crippen molar-refractivity contribution >= 4 is 15.9 Å². The van der Waals surface area contributed by atoms with Gasteiger partial charge in [0.25, 0.3) is 5.91 Å². The number of carbonyl (C=O) groups is 1. The van der Waals surface area contributed by atoms with E-state index in [1.54, 1.807) is 18.3 Å². The zero-order valence-corrected chi connectivity index (χ0v) is 13.5. The van der Waals surface area contributed by atoms with Crippen LogP contribution in [0, 0.1) is 5.41 Å². The molecule has 120 valence electrons. The standard InChI is InChI=1S/C15H21N3O3S/c1-22(20,21)17-12-10-15(11-12)5-8-18(9-6-15)14(19)13-4-2-3-7-16-13/h2-4,7,12,17H,5-6,8-11H2,1H3. The summed E-state index contributed by atoms with van der Waals surface area (Å²) in [6.07, 6.45) is 6.47. The zero-order valence-electron chi connectivity index (χ0n) is 12.7. The van der Waals surface area contributed by atoms with Gasteiger partial charge in [-0.15, -0.1) is 0 Å². The fraction of sp³-hybridized carbons (Fsp3) is 0.600. The van der Waals surface area contributed by atoms with Crippen molar-refractivity contribution in [2.45, 2.75) is 31.7 Å². The summed E-state index contributed by atoms with van der Waals surface area (Å²) < 4.78 is 25.1. The highest BCUT2D eigenvalue weighted by molar-refractivity contribution is 7.88. The highest BCUT2D eigenvalue weighted by Crippen LogP contribution is 2.49. The van der Waals surface area contributed by atoms with Crippen LogP contribution in [0.15, 0.2) is 24.4 Å². The van der Waals surface area contributed by atoms with Crippen LogP contribution < -0.4 is 4.72 Å². The molecule has 1 aliphatic carbocycles. The van der Waals surface area contributed by atoms with Gasteiger partial charge in [-0.1, -0.05) is 6.07 Å². The number of nitrogens with zero attached hydrogens (tertiary/aromatic N) is 2. The third-order valence-corrected chi connectivity index (χ3v) is 5.50. The van der Waals surface area contributed by atoms with Gasteiger partial charge in [0.2, 0.25) is 10.0 Å². The number of sulfonamides is 1. The maximum atomic E-state index is 12.3. The summed E-state index contributed by atoms with van der Waals surface area (Å²) in [5.41, 5.74) is 0.701. The summed E-state index contributed by atoms with van der Waals surface area (Å²) in [6.45, 7) is 1.45. The number of likely N-dealkylation sites (tertiary alicyclic amines) is 1. The molecule has 2 fully saturated rings. The number of hydrogen-bond donors (Lipinski definition) is 1. The van der Waals surface area contributed by atoms with Gasteiger partial charge in [0.15, 0.2) is 0 Å². The number of aromatic nitrogens is 1. The second-order valence-electron chi connectivity index (χ2n) is 6.50. The molecule has 6 nitrogen and oxygen atoms in total. The minimum atomic E-state index is -3.12. The smallest absolute Gasteiger partial charge is 0.272 e. The van der Waals surface area contributed by atoms with E-state index in [1.807, 2.05) is 11.0 Å². The number of rotatable bonds is 3. The maximum Gasteiger partial charge on any atom is 0.272 e. The summed E-state index contributed by atoms with van der Waals surface area (Å²) in [6, 6.07) is 5.42. The Morgan fingerprint density at radius 2 is 2.00 bits per heavy atom. The maximum absolute atomic E-state index is 12.3. The molecule has 0 radical (unpaired) electrons. The molecule has 2 heterocycles. The zero-order chi connectivity index (χ0) is 15.8. The summed E-state index contributed by atoms with van der Waals surface area (Å²) in [7, 11) is -3.12. The van der Waals surface area contributed by atoms with Crippen LogP contribution in [-0.2, 0) is 10.0 Å². The molecule has 7 heteroatoms. The molecular formula is C15H21N3O3S. The fourth-order valence-electron chi connectivity index (χ4n) is 3.62. The lowest BCUT2D eigenvalue weighted by atomic mass is 9.60. The van der Waals surface area contributed by atoms with Crippen molar-refractivity contribution in [3.05, 3.63) is 30.1 Å². The summed E-state index contributed by atoms with van der Waals surface area (Å²) in [4.78, 5) is 18.3. The highest BCUT2D eigenvalue weighted by atomic mass is 32.2. The van der Waals surface area contributed by atoms with Crippen molar-refractivity contribution < 1.29 is 13.2 Å². The Bertz CT molecular complexity index is 644. The Balaban J connectivity index is 1.53. The second-order valence-corrected chi connectivity index (χ2v) is 8.28. The van der Waals surface area contributed by atoms with Crippen LogP contribution in [0.5, 0.6) is 0 Å². The van der Waals surface area contributed by atoms with Gasteiger partial charge in [-0.05, 0) is 43.2 Å². The number of hydrogen-bond acceptors (Lipinski definition) is 4. The van der Waals surface area contributed by atoms with E-state index in [9.17, 15) is 13.2 Å². The fourth-order valence-corrected chi connectivity index (χ4v) is 4.39. The highest BCUT2D eigenvalue weighted by Gasteiger charge is 2.47. The van der Waals surface area contributed by atoms with Gasteiger partial charge in [0, 0.05) is 25.3 Å². The number of nitrogens with one attached hydrogen (secondary N) is 1. The quantitative estimate of drug-likeness (QED) is 0.900. The summed E-state index contributed by atoms with van der Waals surface area (Å²) >= 11 is 0. The van der Waals surface area contributed by atoms with Crippen LogP contribution in [0.2, 0.25) is 0 Å². The molecule has 0 unspecified atom stereocenters. The van der Waals surface area contributed by atoms with E-state index in [0.29, 0.717) is 5.69 Å². The topological polar surface area (TPSA) is 79.4 Å². The lowest BCUT2D eigenvalue weighted by Gasteiger charge is -2.52. The van der Waals surface area contributed by atoms with Crippen molar-refractivity contribution in [3.63, 3.8) is 0 Å². The van der Waals surface area contributed by atoms with Crippen LogP contribution in [-0.4, -0.2) is 49.6 Å². The average molecular weight is 323 g/mol. The number of carbonyl (C=O) groups excluding carboxylic acids is 1. The molecule has 1 aromatic rings. The molecular weight excluding hydrogens is 302 g/mol. The first-order chi connectivity index (χ1) is 10.4. The van der Waals surface area contributed by atoms with Gasteiger partial charge < -0.3 is 4.90 Å². The first-order valence-electron chi connectivity index (χ1n) is 7.55. The summed E-state index contributed by atoms with van der Waals surface area (Å²) in [5.74, 6) is -0.0133.